The number of methoxy groups -OCH3 is 1. The molecule has 0 aliphatic rings. The largest absolute Gasteiger partial charge is 0.378 e. The first kappa shape index (κ1) is 13.7. The van der Waals surface area contributed by atoms with E-state index in [4.69, 9.17) is 17.0 Å². The highest BCUT2D eigenvalue weighted by Gasteiger charge is 2.15. The van der Waals surface area contributed by atoms with Crippen LogP contribution < -0.4 is 0 Å². The van der Waals surface area contributed by atoms with Crippen molar-refractivity contribution < 1.29 is 4.74 Å². The Balaban J connectivity index is 2.31. The van der Waals surface area contributed by atoms with Crippen LogP contribution in [0.3, 0.4) is 0 Å². The second-order valence-electron chi connectivity index (χ2n) is 3.47. The number of thioether (sulfide) groups is 1. The van der Waals surface area contributed by atoms with Crippen LogP contribution >= 0.6 is 35.3 Å². The smallest absolute Gasteiger partial charge is 0.213 e. The molecule has 18 heavy (non-hydrogen) atoms. The van der Waals surface area contributed by atoms with Crippen LogP contribution in [0.1, 0.15) is 17.6 Å². The maximum atomic E-state index is 5.17. The van der Waals surface area contributed by atoms with E-state index in [9.17, 15) is 0 Å². The average Bonchev–Trinajstić information content (AvgIpc) is 2.93. The lowest BCUT2D eigenvalue weighted by molar-refractivity contribution is 0.182. The molecule has 0 aromatic carbocycles. The summed E-state index contributed by atoms with van der Waals surface area (Å²) in [5, 5.41) is 6.85. The van der Waals surface area contributed by atoms with Crippen molar-refractivity contribution in [2.75, 3.05) is 12.9 Å². The number of hydrogen-bond acceptors (Lipinski definition) is 6. The Morgan fingerprint density at radius 3 is 2.83 bits per heavy atom. The van der Waals surface area contributed by atoms with Crippen LogP contribution in [-0.2, 0) is 17.1 Å². The average molecular weight is 302 g/mol. The Morgan fingerprint density at radius 2 is 2.22 bits per heavy atom. The summed E-state index contributed by atoms with van der Waals surface area (Å²) in [5.41, 5.74) is 0.909. The van der Waals surface area contributed by atoms with Crippen molar-refractivity contribution >= 4 is 35.3 Å². The first-order valence-electron chi connectivity index (χ1n) is 5.45. The summed E-state index contributed by atoms with van der Waals surface area (Å²) in [6, 6.07) is 0. The molecule has 0 aliphatic heterocycles. The highest BCUT2D eigenvalue weighted by molar-refractivity contribution is 7.98. The standard InChI is InChI=1S/C10H14N4OS3/c1-3-17-5-7-11-6(4-15-2)8(18-7)9-12-10(16)14-13-9/h3-5H2,1-2H3,(H2,12,13,14,16). The van der Waals surface area contributed by atoms with Crippen molar-refractivity contribution in [1.29, 1.82) is 0 Å². The molecule has 2 heterocycles. The fourth-order valence-corrected chi connectivity index (χ4v) is 3.33. The molecule has 0 saturated heterocycles. The van der Waals surface area contributed by atoms with Gasteiger partial charge in [-0.05, 0) is 18.0 Å². The van der Waals surface area contributed by atoms with Crippen molar-refractivity contribution in [3.63, 3.8) is 0 Å². The van der Waals surface area contributed by atoms with Gasteiger partial charge in [-0.3, -0.25) is 10.2 Å². The quantitative estimate of drug-likeness (QED) is 0.803. The predicted octanol–water partition coefficient (Wildman–Crippen LogP) is 2.99. The lowest BCUT2D eigenvalue weighted by Gasteiger charge is -1.96. The number of hydrogen-bond donors (Lipinski definition) is 2. The van der Waals surface area contributed by atoms with Crippen LogP contribution in [0, 0.1) is 4.77 Å². The molecule has 0 spiro atoms. The molecule has 2 aromatic heterocycles. The lowest BCUT2D eigenvalue weighted by atomic mass is 10.3. The Morgan fingerprint density at radius 1 is 1.39 bits per heavy atom. The molecule has 0 unspecified atom stereocenters. The van der Waals surface area contributed by atoms with Crippen LogP contribution in [0.15, 0.2) is 0 Å². The molecular weight excluding hydrogens is 288 g/mol. The molecule has 2 aromatic rings. The van der Waals surface area contributed by atoms with Gasteiger partial charge >= 0.3 is 0 Å². The third kappa shape index (κ3) is 3.19. The topological polar surface area (TPSA) is 66.6 Å². The zero-order valence-electron chi connectivity index (χ0n) is 10.1. The van der Waals surface area contributed by atoms with Gasteiger partial charge in [0.15, 0.2) is 5.82 Å². The molecule has 2 rings (SSSR count). The van der Waals surface area contributed by atoms with Gasteiger partial charge in [-0.2, -0.15) is 16.7 Å². The molecule has 0 amide bonds. The van der Waals surface area contributed by atoms with Gasteiger partial charge in [0.05, 0.1) is 17.2 Å². The van der Waals surface area contributed by atoms with Crippen LogP contribution in [0.25, 0.3) is 10.7 Å². The second kappa shape index (κ2) is 6.46. The summed E-state index contributed by atoms with van der Waals surface area (Å²) >= 11 is 8.45. The van der Waals surface area contributed by atoms with Gasteiger partial charge in [-0.15, -0.1) is 11.3 Å². The van der Waals surface area contributed by atoms with Crippen molar-refractivity contribution in [1.82, 2.24) is 20.2 Å². The maximum Gasteiger partial charge on any atom is 0.213 e. The number of thiazole rings is 1. The minimum absolute atomic E-state index is 0.450. The number of aromatic amines is 2. The molecule has 0 aliphatic carbocycles. The van der Waals surface area contributed by atoms with E-state index in [1.807, 2.05) is 11.8 Å². The Kier molecular flexibility index (Phi) is 4.93. The predicted molar refractivity (Wildman–Crippen MR) is 77.4 cm³/mol. The zero-order chi connectivity index (χ0) is 13.0. The molecule has 2 N–H and O–H groups in total. The molecule has 5 nitrogen and oxygen atoms in total. The second-order valence-corrected chi connectivity index (χ2v) is 6.21. The van der Waals surface area contributed by atoms with Crippen LogP contribution in [0.2, 0.25) is 0 Å². The lowest BCUT2D eigenvalue weighted by Crippen LogP contribution is -1.92. The van der Waals surface area contributed by atoms with Gasteiger partial charge in [-0.25, -0.2) is 4.98 Å². The normalized spacial score (nSPS) is 11.0. The number of nitrogens with one attached hydrogen (secondary N) is 2. The summed E-state index contributed by atoms with van der Waals surface area (Å²) in [5.74, 6) is 2.74. The van der Waals surface area contributed by atoms with E-state index in [0.29, 0.717) is 11.4 Å². The van der Waals surface area contributed by atoms with E-state index in [1.165, 1.54) is 0 Å². The SMILES string of the molecule is CCSCc1nc(COC)c(-c2nc(=S)[nH][nH]2)s1. The van der Waals surface area contributed by atoms with Crippen LogP contribution in [0.5, 0.6) is 0 Å². The van der Waals surface area contributed by atoms with Crippen LogP contribution in [-0.4, -0.2) is 33.0 Å². The molecule has 0 fully saturated rings. The van der Waals surface area contributed by atoms with Gasteiger partial charge in [0, 0.05) is 12.9 Å². The summed E-state index contributed by atoms with van der Waals surface area (Å²) in [4.78, 5) is 9.81. The van der Waals surface area contributed by atoms with E-state index in [0.717, 1.165) is 32.9 Å². The van der Waals surface area contributed by atoms with Crippen molar-refractivity contribution in [2.45, 2.75) is 19.3 Å². The fourth-order valence-electron chi connectivity index (χ4n) is 1.45. The number of ether oxygens (including phenoxy) is 1. The zero-order valence-corrected chi connectivity index (χ0v) is 12.6. The number of H-pyrrole nitrogens is 2. The summed E-state index contributed by atoms with van der Waals surface area (Å²) < 4.78 is 5.62. The van der Waals surface area contributed by atoms with E-state index >= 15 is 0 Å². The third-order valence-corrected chi connectivity index (χ3v) is 4.53. The Hall–Kier alpha value is -0.700. The molecular formula is C10H14N4OS3. The highest BCUT2D eigenvalue weighted by Crippen LogP contribution is 2.30. The molecule has 8 heteroatoms. The van der Waals surface area contributed by atoms with Crippen molar-refractivity contribution in [2.24, 2.45) is 0 Å². The summed E-state index contributed by atoms with van der Waals surface area (Å²) in [6.07, 6.45) is 0. The van der Waals surface area contributed by atoms with Crippen molar-refractivity contribution in [3.8, 4) is 10.7 Å². The number of aromatic nitrogens is 4. The molecule has 0 radical (unpaired) electrons. The molecule has 98 valence electrons. The molecule has 0 bridgehead atoms. The Labute approximate surface area is 118 Å². The first-order chi connectivity index (χ1) is 8.74. The first-order valence-corrected chi connectivity index (χ1v) is 7.82. The Bertz CT molecular complexity index is 559. The van der Waals surface area contributed by atoms with E-state index < -0.39 is 0 Å². The molecule has 0 saturated carbocycles. The number of nitrogens with zero attached hydrogens (tertiary/aromatic N) is 2. The maximum absolute atomic E-state index is 5.17. The third-order valence-electron chi connectivity index (χ3n) is 2.17. The number of rotatable bonds is 6. The van der Waals surface area contributed by atoms with E-state index in [2.05, 4.69) is 27.1 Å². The minimum atomic E-state index is 0.450. The summed E-state index contributed by atoms with van der Waals surface area (Å²) in [6.45, 7) is 2.62. The highest BCUT2D eigenvalue weighted by atomic mass is 32.2. The van der Waals surface area contributed by atoms with Crippen molar-refractivity contribution in [3.05, 3.63) is 15.5 Å². The summed E-state index contributed by atoms with van der Waals surface area (Å²) in [7, 11) is 1.66. The monoisotopic (exact) mass is 302 g/mol. The molecule has 0 atom stereocenters. The van der Waals surface area contributed by atoms with Gasteiger partial charge in [0.1, 0.15) is 5.01 Å². The van der Waals surface area contributed by atoms with Gasteiger partial charge in [0.25, 0.3) is 0 Å². The van der Waals surface area contributed by atoms with Gasteiger partial charge in [0.2, 0.25) is 4.77 Å². The van der Waals surface area contributed by atoms with E-state index in [1.54, 1.807) is 18.4 Å². The van der Waals surface area contributed by atoms with E-state index in [-0.39, 0.29) is 0 Å². The van der Waals surface area contributed by atoms with Crippen LogP contribution in [0.4, 0.5) is 0 Å². The fraction of sp³-hybridized carbons (Fsp3) is 0.500. The minimum Gasteiger partial charge on any atom is -0.378 e. The van der Waals surface area contributed by atoms with Gasteiger partial charge in [-0.1, -0.05) is 6.92 Å². The van der Waals surface area contributed by atoms with Gasteiger partial charge < -0.3 is 4.74 Å².